The van der Waals surface area contributed by atoms with Gasteiger partial charge in [-0.05, 0) is 35.0 Å². The van der Waals surface area contributed by atoms with Crippen molar-refractivity contribution >= 4 is 33.5 Å². The number of hydrogen-bond donors (Lipinski definition) is 0. The van der Waals surface area contributed by atoms with E-state index in [4.69, 9.17) is 16.3 Å². The average molecular weight is 264 g/mol. The minimum atomic E-state index is -0.395. The van der Waals surface area contributed by atoms with Gasteiger partial charge in [0, 0.05) is 4.47 Å². The Morgan fingerprint density at radius 3 is 2.92 bits per heavy atom. The molecule has 0 spiro atoms. The molecule has 1 aromatic rings. The number of halogens is 2. The molecule has 4 heteroatoms. The number of hydrogen-bond acceptors (Lipinski definition) is 2. The zero-order chi connectivity index (χ0) is 9.84. The van der Waals surface area contributed by atoms with Gasteiger partial charge in [-0.2, -0.15) is 0 Å². The first-order valence-corrected chi connectivity index (χ1v) is 4.95. The van der Waals surface area contributed by atoms with E-state index in [0.29, 0.717) is 21.7 Å². The first kappa shape index (κ1) is 10.5. The largest absolute Gasteiger partial charge is 0.462 e. The average Bonchev–Trinajstić information content (AvgIpc) is 2.10. The summed E-state index contributed by atoms with van der Waals surface area (Å²) in [6, 6.07) is 5.14. The monoisotopic (exact) mass is 262 g/mol. The van der Waals surface area contributed by atoms with Crippen molar-refractivity contribution in [3.8, 4) is 0 Å². The fraction of sp³-hybridized carbons (Fsp3) is 0.222. The van der Waals surface area contributed by atoms with Crippen LogP contribution in [0.2, 0.25) is 5.02 Å². The van der Waals surface area contributed by atoms with Crippen molar-refractivity contribution in [3.63, 3.8) is 0 Å². The maximum atomic E-state index is 11.3. The number of carbonyl (C=O) groups excluding carboxylic acids is 1. The predicted molar refractivity (Wildman–Crippen MR) is 55.1 cm³/mol. The van der Waals surface area contributed by atoms with Crippen LogP contribution in [0.15, 0.2) is 22.7 Å². The number of rotatable bonds is 2. The smallest absolute Gasteiger partial charge is 0.339 e. The number of ether oxygens (including phenoxy) is 1. The van der Waals surface area contributed by atoms with Gasteiger partial charge in [-0.3, -0.25) is 0 Å². The molecule has 1 aromatic carbocycles. The maximum absolute atomic E-state index is 11.3. The first-order chi connectivity index (χ1) is 6.16. The van der Waals surface area contributed by atoms with E-state index in [0.717, 1.165) is 0 Å². The van der Waals surface area contributed by atoms with Crippen LogP contribution in [0.5, 0.6) is 0 Å². The van der Waals surface area contributed by atoms with Gasteiger partial charge in [-0.25, -0.2) is 4.79 Å². The van der Waals surface area contributed by atoms with Crippen molar-refractivity contribution in [1.29, 1.82) is 0 Å². The summed E-state index contributed by atoms with van der Waals surface area (Å²) < 4.78 is 5.51. The molecule has 0 N–H and O–H groups in total. The molecule has 13 heavy (non-hydrogen) atoms. The number of benzene rings is 1. The van der Waals surface area contributed by atoms with E-state index in [-0.39, 0.29) is 0 Å². The van der Waals surface area contributed by atoms with Gasteiger partial charge in [0.1, 0.15) is 0 Å². The Bertz CT molecular complexity index is 325. The highest BCUT2D eigenvalue weighted by Gasteiger charge is 2.12. The van der Waals surface area contributed by atoms with Crippen LogP contribution in [0.3, 0.4) is 0 Å². The van der Waals surface area contributed by atoms with Gasteiger partial charge in [0.15, 0.2) is 0 Å². The van der Waals surface area contributed by atoms with Crippen LogP contribution in [0.1, 0.15) is 17.3 Å². The molecular formula is C9H8BrClO2. The summed E-state index contributed by atoms with van der Waals surface area (Å²) in [4.78, 5) is 11.3. The van der Waals surface area contributed by atoms with E-state index in [2.05, 4.69) is 15.9 Å². The molecule has 0 saturated heterocycles. The van der Waals surface area contributed by atoms with Gasteiger partial charge in [0.25, 0.3) is 0 Å². The van der Waals surface area contributed by atoms with Crippen LogP contribution in [0.25, 0.3) is 0 Å². The summed E-state index contributed by atoms with van der Waals surface area (Å²) in [6.07, 6.45) is 0. The lowest BCUT2D eigenvalue weighted by Gasteiger charge is -2.04. The molecule has 0 aliphatic heterocycles. The van der Waals surface area contributed by atoms with Gasteiger partial charge in [0.05, 0.1) is 17.2 Å². The van der Waals surface area contributed by atoms with Crippen molar-refractivity contribution in [2.24, 2.45) is 0 Å². The fourth-order valence-electron chi connectivity index (χ4n) is 0.870. The number of carbonyl (C=O) groups is 1. The lowest BCUT2D eigenvalue weighted by molar-refractivity contribution is 0.0526. The van der Waals surface area contributed by atoms with Crippen molar-refractivity contribution in [2.45, 2.75) is 6.92 Å². The fourth-order valence-corrected chi connectivity index (χ4v) is 1.44. The van der Waals surface area contributed by atoms with Gasteiger partial charge in [0.2, 0.25) is 0 Å². The van der Waals surface area contributed by atoms with E-state index in [1.165, 1.54) is 0 Å². The minimum Gasteiger partial charge on any atom is -0.462 e. The molecule has 0 aliphatic carbocycles. The molecule has 0 fully saturated rings. The van der Waals surface area contributed by atoms with Crippen molar-refractivity contribution in [3.05, 3.63) is 33.3 Å². The third kappa shape index (κ3) is 2.45. The molecule has 0 unspecified atom stereocenters. The first-order valence-electron chi connectivity index (χ1n) is 3.78. The van der Waals surface area contributed by atoms with E-state index < -0.39 is 5.97 Å². The standard InChI is InChI=1S/C9H8BrClO2/c1-2-13-9(12)6-4-3-5-7(10)8(6)11/h3-5H,2H2,1H3. The third-order valence-corrected chi connectivity index (χ3v) is 2.74. The summed E-state index contributed by atoms with van der Waals surface area (Å²) in [7, 11) is 0. The van der Waals surface area contributed by atoms with Crippen LogP contribution in [0, 0.1) is 0 Å². The summed E-state index contributed by atoms with van der Waals surface area (Å²) in [5.74, 6) is -0.395. The van der Waals surface area contributed by atoms with Gasteiger partial charge in [-0.15, -0.1) is 0 Å². The topological polar surface area (TPSA) is 26.3 Å². The molecule has 1 rings (SSSR count). The normalized spacial score (nSPS) is 9.77. The summed E-state index contributed by atoms with van der Waals surface area (Å²) in [5.41, 5.74) is 0.387. The lowest BCUT2D eigenvalue weighted by atomic mass is 10.2. The summed E-state index contributed by atoms with van der Waals surface area (Å²) in [5, 5.41) is 0.390. The van der Waals surface area contributed by atoms with Crippen LogP contribution in [-0.2, 0) is 4.74 Å². The van der Waals surface area contributed by atoms with E-state index >= 15 is 0 Å². The third-order valence-electron chi connectivity index (χ3n) is 1.45. The summed E-state index contributed by atoms with van der Waals surface area (Å²) in [6.45, 7) is 2.10. The van der Waals surface area contributed by atoms with E-state index in [9.17, 15) is 4.79 Å². The van der Waals surface area contributed by atoms with Gasteiger partial charge < -0.3 is 4.74 Å². The zero-order valence-corrected chi connectivity index (χ0v) is 9.35. The molecule has 0 aliphatic rings. The Hall–Kier alpha value is -0.540. The Balaban J connectivity index is 3.01. The van der Waals surface area contributed by atoms with Gasteiger partial charge >= 0.3 is 5.97 Å². The van der Waals surface area contributed by atoms with Crippen LogP contribution in [-0.4, -0.2) is 12.6 Å². The highest BCUT2D eigenvalue weighted by molar-refractivity contribution is 9.10. The summed E-state index contributed by atoms with van der Waals surface area (Å²) >= 11 is 9.10. The molecule has 0 bridgehead atoms. The molecule has 0 saturated carbocycles. The molecular weight excluding hydrogens is 255 g/mol. The SMILES string of the molecule is CCOC(=O)c1cccc(Br)c1Cl. The van der Waals surface area contributed by atoms with Crippen LogP contribution in [0.4, 0.5) is 0 Å². The van der Waals surface area contributed by atoms with Crippen molar-refractivity contribution in [1.82, 2.24) is 0 Å². The predicted octanol–water partition coefficient (Wildman–Crippen LogP) is 3.28. The van der Waals surface area contributed by atoms with Crippen LogP contribution >= 0.6 is 27.5 Å². The lowest BCUT2D eigenvalue weighted by Crippen LogP contribution is -2.05. The van der Waals surface area contributed by atoms with Crippen molar-refractivity contribution < 1.29 is 9.53 Å². The van der Waals surface area contributed by atoms with E-state index in [1.807, 2.05) is 0 Å². The molecule has 0 atom stereocenters. The van der Waals surface area contributed by atoms with E-state index in [1.54, 1.807) is 25.1 Å². The van der Waals surface area contributed by atoms with Crippen LogP contribution < -0.4 is 0 Å². The number of esters is 1. The maximum Gasteiger partial charge on any atom is 0.339 e. The van der Waals surface area contributed by atoms with Gasteiger partial charge in [-0.1, -0.05) is 17.7 Å². The Morgan fingerprint density at radius 2 is 2.31 bits per heavy atom. The Morgan fingerprint density at radius 1 is 1.62 bits per heavy atom. The quantitative estimate of drug-likeness (QED) is 0.766. The minimum absolute atomic E-state index is 0.349. The molecule has 0 aromatic heterocycles. The molecule has 70 valence electrons. The second kappa shape index (κ2) is 4.63. The Kier molecular flexibility index (Phi) is 3.75. The highest BCUT2D eigenvalue weighted by atomic mass is 79.9. The second-order valence-electron chi connectivity index (χ2n) is 2.32. The molecule has 0 heterocycles. The molecule has 0 radical (unpaired) electrons. The highest BCUT2D eigenvalue weighted by Crippen LogP contribution is 2.26. The zero-order valence-electron chi connectivity index (χ0n) is 7.01. The Labute approximate surface area is 90.0 Å². The molecule has 0 amide bonds. The molecule has 2 nitrogen and oxygen atoms in total. The van der Waals surface area contributed by atoms with Crippen molar-refractivity contribution in [2.75, 3.05) is 6.61 Å². The second-order valence-corrected chi connectivity index (χ2v) is 3.55.